The average Bonchev–Trinajstić information content (AvgIpc) is 2.70. The van der Waals surface area contributed by atoms with E-state index in [4.69, 9.17) is 5.73 Å². The lowest BCUT2D eigenvalue weighted by Crippen LogP contribution is -2.42. The lowest BCUT2D eigenvalue weighted by molar-refractivity contribution is 0.267. The predicted molar refractivity (Wildman–Crippen MR) is 85.0 cm³/mol. The molecule has 0 amide bonds. The van der Waals surface area contributed by atoms with Crippen LogP contribution in [-0.4, -0.2) is 43.1 Å². The summed E-state index contributed by atoms with van der Waals surface area (Å²) in [4.78, 5) is 6.80. The molecule has 0 aromatic carbocycles. The number of nitrogens with zero attached hydrogens (tertiary/aromatic N) is 2. The fourth-order valence-electron chi connectivity index (χ4n) is 2.10. The summed E-state index contributed by atoms with van der Waals surface area (Å²) in [6.45, 7) is 10.6. The van der Waals surface area contributed by atoms with Crippen molar-refractivity contribution in [3.8, 4) is 0 Å². The number of nitrogens with two attached hydrogens (primary N) is 1. The van der Waals surface area contributed by atoms with E-state index < -0.39 is 0 Å². The number of halogens is 1. The standard InChI is InChI=1S/C12H26N4.HI/c1-4-16-7-5-6-11(16)9-15-12(13)14-8-10(2)3;/h10-11H,4-9H2,1-3H3,(H3,13,14,15);1H. The lowest BCUT2D eigenvalue weighted by atomic mass is 10.2. The number of guanidine groups is 1. The van der Waals surface area contributed by atoms with Gasteiger partial charge >= 0.3 is 0 Å². The number of aliphatic imine (C=N–C) groups is 1. The molecule has 0 aromatic rings. The van der Waals surface area contributed by atoms with Crippen LogP contribution in [0.4, 0.5) is 0 Å². The van der Waals surface area contributed by atoms with Gasteiger partial charge in [-0.25, -0.2) is 0 Å². The Morgan fingerprint density at radius 3 is 2.82 bits per heavy atom. The van der Waals surface area contributed by atoms with Crippen molar-refractivity contribution < 1.29 is 0 Å². The molecule has 17 heavy (non-hydrogen) atoms. The molecular formula is C12H27IN4. The first-order valence-electron chi connectivity index (χ1n) is 6.41. The highest BCUT2D eigenvalue weighted by Crippen LogP contribution is 2.15. The van der Waals surface area contributed by atoms with E-state index in [9.17, 15) is 0 Å². The lowest BCUT2D eigenvalue weighted by Gasteiger charge is -2.23. The largest absolute Gasteiger partial charge is 0.370 e. The zero-order valence-electron chi connectivity index (χ0n) is 11.3. The fraction of sp³-hybridized carbons (Fsp3) is 0.917. The maximum atomic E-state index is 5.81. The van der Waals surface area contributed by atoms with Crippen LogP contribution < -0.4 is 11.1 Å². The van der Waals surface area contributed by atoms with Crippen molar-refractivity contribution in [3.63, 3.8) is 0 Å². The van der Waals surface area contributed by atoms with Gasteiger partial charge in [0.25, 0.3) is 0 Å². The van der Waals surface area contributed by atoms with Crippen LogP contribution in [0.1, 0.15) is 33.6 Å². The van der Waals surface area contributed by atoms with Gasteiger partial charge in [-0.05, 0) is 31.8 Å². The second-order valence-electron chi connectivity index (χ2n) is 4.93. The van der Waals surface area contributed by atoms with Gasteiger partial charge in [-0.15, -0.1) is 24.0 Å². The zero-order valence-corrected chi connectivity index (χ0v) is 13.6. The third kappa shape index (κ3) is 6.45. The molecule has 0 saturated carbocycles. The third-order valence-corrected chi connectivity index (χ3v) is 3.05. The predicted octanol–water partition coefficient (Wildman–Crippen LogP) is 1.65. The van der Waals surface area contributed by atoms with E-state index in [0.29, 0.717) is 17.9 Å². The Kier molecular flexibility index (Phi) is 8.94. The topological polar surface area (TPSA) is 53.6 Å². The summed E-state index contributed by atoms with van der Waals surface area (Å²) in [5.41, 5.74) is 5.81. The van der Waals surface area contributed by atoms with E-state index in [1.54, 1.807) is 0 Å². The first-order valence-corrected chi connectivity index (χ1v) is 6.41. The molecule has 0 aromatic heterocycles. The Labute approximate surface area is 122 Å². The molecule has 1 saturated heterocycles. The van der Waals surface area contributed by atoms with Gasteiger partial charge in [-0.1, -0.05) is 20.8 Å². The van der Waals surface area contributed by atoms with Gasteiger partial charge in [0.15, 0.2) is 5.96 Å². The number of likely N-dealkylation sites (N-methyl/N-ethyl adjacent to an activating group) is 1. The molecule has 1 aliphatic rings. The van der Waals surface area contributed by atoms with Crippen molar-refractivity contribution in [1.82, 2.24) is 10.2 Å². The second-order valence-corrected chi connectivity index (χ2v) is 4.93. The molecular weight excluding hydrogens is 327 g/mol. The Morgan fingerprint density at radius 1 is 1.53 bits per heavy atom. The smallest absolute Gasteiger partial charge is 0.188 e. The molecule has 0 bridgehead atoms. The summed E-state index contributed by atoms with van der Waals surface area (Å²) in [6, 6.07) is 0.637. The molecule has 3 N–H and O–H groups in total. The first kappa shape index (κ1) is 17.0. The van der Waals surface area contributed by atoms with Crippen molar-refractivity contribution >= 4 is 29.9 Å². The van der Waals surface area contributed by atoms with Crippen molar-refractivity contribution in [2.24, 2.45) is 16.6 Å². The van der Waals surface area contributed by atoms with Crippen LogP contribution in [0.2, 0.25) is 0 Å². The maximum Gasteiger partial charge on any atom is 0.188 e. The monoisotopic (exact) mass is 354 g/mol. The van der Waals surface area contributed by atoms with Crippen LogP contribution >= 0.6 is 24.0 Å². The summed E-state index contributed by atoms with van der Waals surface area (Å²) >= 11 is 0. The van der Waals surface area contributed by atoms with Gasteiger partial charge in [0.2, 0.25) is 0 Å². The Hall–Kier alpha value is -0.0400. The molecule has 1 rings (SSSR count). The molecule has 1 atom stereocenters. The van der Waals surface area contributed by atoms with Crippen LogP contribution in [0.25, 0.3) is 0 Å². The summed E-state index contributed by atoms with van der Waals surface area (Å²) in [5, 5.41) is 3.23. The van der Waals surface area contributed by atoms with Crippen LogP contribution in [-0.2, 0) is 0 Å². The summed E-state index contributed by atoms with van der Waals surface area (Å²) in [6.07, 6.45) is 2.58. The Balaban J connectivity index is 0.00000256. The minimum atomic E-state index is 0. The number of hydrogen-bond acceptors (Lipinski definition) is 2. The summed E-state index contributed by atoms with van der Waals surface area (Å²) < 4.78 is 0. The van der Waals surface area contributed by atoms with Crippen LogP contribution in [0.15, 0.2) is 4.99 Å². The number of nitrogens with one attached hydrogen (secondary N) is 1. The Morgan fingerprint density at radius 2 is 2.24 bits per heavy atom. The van der Waals surface area contributed by atoms with Crippen molar-refractivity contribution in [1.29, 1.82) is 0 Å². The molecule has 0 spiro atoms. The van der Waals surface area contributed by atoms with Gasteiger partial charge in [0.1, 0.15) is 0 Å². The van der Waals surface area contributed by atoms with Crippen molar-refractivity contribution in [3.05, 3.63) is 0 Å². The van der Waals surface area contributed by atoms with Crippen molar-refractivity contribution in [2.45, 2.75) is 39.7 Å². The van der Waals surface area contributed by atoms with Crippen LogP contribution in [0, 0.1) is 5.92 Å². The number of rotatable bonds is 5. The average molecular weight is 354 g/mol. The van der Waals surface area contributed by atoms with E-state index in [1.165, 1.54) is 19.4 Å². The number of likely N-dealkylation sites (tertiary alicyclic amines) is 1. The summed E-state index contributed by atoms with van der Waals surface area (Å²) in [5.74, 6) is 1.16. The Bertz CT molecular complexity index is 231. The van der Waals surface area contributed by atoms with Gasteiger partial charge in [-0.3, -0.25) is 9.89 Å². The molecule has 5 heteroatoms. The molecule has 1 aliphatic heterocycles. The van der Waals surface area contributed by atoms with Crippen molar-refractivity contribution in [2.75, 3.05) is 26.2 Å². The zero-order chi connectivity index (χ0) is 12.0. The highest BCUT2D eigenvalue weighted by atomic mass is 127. The fourth-order valence-corrected chi connectivity index (χ4v) is 2.10. The van der Waals surface area contributed by atoms with Gasteiger partial charge in [-0.2, -0.15) is 0 Å². The van der Waals surface area contributed by atoms with Crippen LogP contribution in [0.3, 0.4) is 0 Å². The highest BCUT2D eigenvalue weighted by molar-refractivity contribution is 14.0. The maximum absolute atomic E-state index is 5.81. The minimum absolute atomic E-state index is 0. The number of hydrogen-bond donors (Lipinski definition) is 2. The second kappa shape index (κ2) is 8.97. The van der Waals surface area contributed by atoms with E-state index in [1.807, 2.05) is 0 Å². The van der Waals surface area contributed by atoms with E-state index in [2.05, 4.69) is 36.0 Å². The van der Waals surface area contributed by atoms with Gasteiger partial charge in [0, 0.05) is 19.1 Å². The third-order valence-electron chi connectivity index (χ3n) is 3.05. The molecule has 102 valence electrons. The molecule has 1 fully saturated rings. The van der Waals surface area contributed by atoms with Crippen LogP contribution in [0.5, 0.6) is 0 Å². The quantitative estimate of drug-likeness (QED) is 0.449. The highest BCUT2D eigenvalue weighted by Gasteiger charge is 2.22. The SMILES string of the molecule is CCN1CCCC1CNC(N)=NCC(C)C.I. The summed E-state index contributed by atoms with van der Waals surface area (Å²) in [7, 11) is 0. The van der Waals surface area contributed by atoms with E-state index in [-0.39, 0.29) is 24.0 Å². The molecule has 1 unspecified atom stereocenters. The normalized spacial score (nSPS) is 21.6. The van der Waals surface area contributed by atoms with E-state index >= 15 is 0 Å². The first-order chi connectivity index (χ1) is 7.63. The van der Waals surface area contributed by atoms with Gasteiger partial charge < -0.3 is 11.1 Å². The molecule has 1 heterocycles. The minimum Gasteiger partial charge on any atom is -0.370 e. The molecule has 0 radical (unpaired) electrons. The van der Waals surface area contributed by atoms with Gasteiger partial charge in [0.05, 0.1) is 0 Å². The molecule has 4 nitrogen and oxygen atoms in total. The molecule has 0 aliphatic carbocycles. The van der Waals surface area contributed by atoms with E-state index in [0.717, 1.165) is 19.6 Å².